The summed E-state index contributed by atoms with van der Waals surface area (Å²) >= 11 is 3.38. The van der Waals surface area contributed by atoms with Gasteiger partial charge in [-0.05, 0) is 24.3 Å². The van der Waals surface area contributed by atoms with Crippen molar-refractivity contribution in [2.45, 2.75) is 0 Å². The smallest absolute Gasteiger partial charge is 0.148 e. The maximum atomic E-state index is 13.8. The minimum absolute atomic E-state index is 0.336. The minimum Gasteiger partial charge on any atom is -0.396 e. The Hall–Kier alpha value is -2.14. The molecule has 0 aliphatic heterocycles. The van der Waals surface area contributed by atoms with Gasteiger partial charge in [-0.3, -0.25) is 0 Å². The standard InChI is InChI=1S/C15H11BrFN3/c16-11-7-5-10(6-8-11)15-13(18)9-20(19-15)14-4-2-1-3-12(14)17/h1-9H,18H2. The number of benzene rings is 2. The van der Waals surface area contributed by atoms with Crippen molar-refractivity contribution in [1.29, 1.82) is 0 Å². The largest absolute Gasteiger partial charge is 0.396 e. The van der Waals surface area contributed by atoms with E-state index in [2.05, 4.69) is 21.0 Å². The Kier molecular flexibility index (Phi) is 3.28. The van der Waals surface area contributed by atoms with Crippen LogP contribution in [0.4, 0.5) is 10.1 Å². The van der Waals surface area contributed by atoms with Crippen molar-refractivity contribution in [2.75, 3.05) is 5.73 Å². The van der Waals surface area contributed by atoms with Crippen molar-refractivity contribution < 1.29 is 4.39 Å². The number of rotatable bonds is 2. The molecule has 20 heavy (non-hydrogen) atoms. The van der Waals surface area contributed by atoms with Crippen molar-refractivity contribution in [1.82, 2.24) is 9.78 Å². The number of para-hydroxylation sites is 1. The summed E-state index contributed by atoms with van der Waals surface area (Å²) in [5, 5.41) is 4.38. The lowest BCUT2D eigenvalue weighted by Gasteiger charge is -2.02. The first kappa shape index (κ1) is 12.9. The van der Waals surface area contributed by atoms with Crippen LogP contribution < -0.4 is 5.73 Å². The fraction of sp³-hybridized carbons (Fsp3) is 0. The van der Waals surface area contributed by atoms with Crippen LogP contribution in [0.5, 0.6) is 0 Å². The summed E-state index contributed by atoms with van der Waals surface area (Å²) in [5.74, 6) is -0.336. The van der Waals surface area contributed by atoms with Crippen LogP contribution in [0.2, 0.25) is 0 Å². The van der Waals surface area contributed by atoms with Crippen LogP contribution in [0.3, 0.4) is 0 Å². The molecule has 3 rings (SSSR count). The van der Waals surface area contributed by atoms with Gasteiger partial charge in [-0.2, -0.15) is 5.10 Å². The number of hydrogen-bond acceptors (Lipinski definition) is 2. The Morgan fingerprint density at radius 2 is 1.75 bits per heavy atom. The zero-order valence-electron chi connectivity index (χ0n) is 10.4. The van der Waals surface area contributed by atoms with Gasteiger partial charge in [-0.15, -0.1) is 0 Å². The molecule has 0 saturated carbocycles. The quantitative estimate of drug-likeness (QED) is 0.770. The molecule has 3 nitrogen and oxygen atoms in total. The average Bonchev–Trinajstić information content (AvgIpc) is 2.82. The van der Waals surface area contributed by atoms with Crippen molar-refractivity contribution in [3.63, 3.8) is 0 Å². The van der Waals surface area contributed by atoms with Gasteiger partial charge in [0.1, 0.15) is 17.2 Å². The van der Waals surface area contributed by atoms with Crippen LogP contribution in [-0.2, 0) is 0 Å². The van der Waals surface area contributed by atoms with Crippen LogP contribution in [0, 0.1) is 5.82 Å². The van der Waals surface area contributed by atoms with Gasteiger partial charge in [0.25, 0.3) is 0 Å². The topological polar surface area (TPSA) is 43.8 Å². The Morgan fingerprint density at radius 1 is 1.05 bits per heavy atom. The highest BCUT2D eigenvalue weighted by Crippen LogP contribution is 2.27. The first-order chi connectivity index (χ1) is 9.65. The predicted octanol–water partition coefficient (Wildman–Crippen LogP) is 4.02. The molecule has 0 atom stereocenters. The first-order valence-corrected chi connectivity index (χ1v) is 6.80. The maximum Gasteiger partial charge on any atom is 0.148 e. The van der Waals surface area contributed by atoms with Crippen LogP contribution in [0.15, 0.2) is 59.2 Å². The van der Waals surface area contributed by atoms with Crippen LogP contribution in [-0.4, -0.2) is 9.78 Å². The Labute approximate surface area is 124 Å². The molecule has 0 amide bonds. The molecule has 0 unspecified atom stereocenters. The molecule has 0 fully saturated rings. The average molecular weight is 332 g/mol. The Balaban J connectivity index is 2.08. The SMILES string of the molecule is Nc1cn(-c2ccccc2F)nc1-c1ccc(Br)cc1. The van der Waals surface area contributed by atoms with E-state index in [0.29, 0.717) is 17.1 Å². The second kappa shape index (κ2) is 5.09. The zero-order valence-corrected chi connectivity index (χ0v) is 12.0. The van der Waals surface area contributed by atoms with Crippen LogP contribution in [0.25, 0.3) is 16.9 Å². The van der Waals surface area contributed by atoms with E-state index in [1.165, 1.54) is 10.7 Å². The molecule has 1 aromatic heterocycles. The molecular formula is C15H11BrFN3. The number of nitrogens with two attached hydrogens (primary N) is 1. The minimum atomic E-state index is -0.336. The van der Waals surface area contributed by atoms with Crippen molar-refractivity contribution >= 4 is 21.6 Å². The predicted molar refractivity (Wildman–Crippen MR) is 81.1 cm³/mol. The van der Waals surface area contributed by atoms with Gasteiger partial charge in [0.2, 0.25) is 0 Å². The monoisotopic (exact) mass is 331 g/mol. The summed E-state index contributed by atoms with van der Waals surface area (Å²) in [6.07, 6.45) is 1.62. The lowest BCUT2D eigenvalue weighted by atomic mass is 10.1. The molecule has 5 heteroatoms. The number of anilines is 1. The summed E-state index contributed by atoms with van der Waals surface area (Å²) in [6.45, 7) is 0. The van der Waals surface area contributed by atoms with E-state index >= 15 is 0 Å². The fourth-order valence-corrected chi connectivity index (χ4v) is 2.24. The van der Waals surface area contributed by atoms with Gasteiger partial charge < -0.3 is 5.73 Å². The first-order valence-electron chi connectivity index (χ1n) is 6.01. The number of nitrogens with zero attached hydrogens (tertiary/aromatic N) is 2. The van der Waals surface area contributed by atoms with E-state index in [1.54, 1.807) is 24.4 Å². The Morgan fingerprint density at radius 3 is 2.45 bits per heavy atom. The summed E-state index contributed by atoms with van der Waals surface area (Å²) < 4.78 is 16.2. The van der Waals surface area contributed by atoms with Crippen LogP contribution >= 0.6 is 15.9 Å². The van der Waals surface area contributed by atoms with Gasteiger partial charge in [0.05, 0.1) is 11.9 Å². The molecule has 100 valence electrons. The normalized spacial score (nSPS) is 10.7. The molecule has 0 radical (unpaired) electrons. The zero-order chi connectivity index (χ0) is 14.1. The summed E-state index contributed by atoms with van der Waals surface area (Å²) in [4.78, 5) is 0. The second-order valence-corrected chi connectivity index (χ2v) is 5.25. The molecule has 0 aliphatic carbocycles. The van der Waals surface area contributed by atoms with Crippen molar-refractivity contribution in [2.24, 2.45) is 0 Å². The number of halogens is 2. The molecule has 0 spiro atoms. The van der Waals surface area contributed by atoms with Gasteiger partial charge in [-0.1, -0.05) is 40.2 Å². The molecule has 0 bridgehead atoms. The Bertz CT molecular complexity index is 750. The molecule has 2 aromatic carbocycles. The second-order valence-electron chi connectivity index (χ2n) is 4.34. The fourth-order valence-electron chi connectivity index (χ4n) is 1.98. The van der Waals surface area contributed by atoms with Crippen molar-refractivity contribution in [3.05, 3.63) is 65.0 Å². The highest BCUT2D eigenvalue weighted by molar-refractivity contribution is 9.10. The van der Waals surface area contributed by atoms with Gasteiger partial charge in [0, 0.05) is 10.0 Å². The third-order valence-electron chi connectivity index (χ3n) is 2.96. The number of aromatic nitrogens is 2. The third kappa shape index (κ3) is 2.32. The maximum absolute atomic E-state index is 13.8. The molecule has 0 aliphatic rings. The molecule has 1 heterocycles. The van der Waals surface area contributed by atoms with Gasteiger partial charge in [0.15, 0.2) is 0 Å². The number of nitrogen functional groups attached to an aromatic ring is 1. The van der Waals surface area contributed by atoms with Gasteiger partial charge in [-0.25, -0.2) is 9.07 Å². The summed E-state index contributed by atoms with van der Waals surface area (Å²) in [7, 11) is 0. The van der Waals surface area contributed by atoms with Crippen LogP contribution in [0.1, 0.15) is 0 Å². The molecular weight excluding hydrogens is 321 g/mol. The molecule has 2 N–H and O–H groups in total. The van der Waals surface area contributed by atoms with E-state index in [1.807, 2.05) is 24.3 Å². The van der Waals surface area contributed by atoms with E-state index in [4.69, 9.17) is 5.73 Å². The van der Waals surface area contributed by atoms with E-state index in [-0.39, 0.29) is 5.82 Å². The molecule has 3 aromatic rings. The van der Waals surface area contributed by atoms with E-state index in [9.17, 15) is 4.39 Å². The lowest BCUT2D eigenvalue weighted by Crippen LogP contribution is -1.97. The lowest BCUT2D eigenvalue weighted by molar-refractivity contribution is 0.611. The van der Waals surface area contributed by atoms with Gasteiger partial charge >= 0.3 is 0 Å². The summed E-state index contributed by atoms with van der Waals surface area (Å²) in [6, 6.07) is 14.1. The van der Waals surface area contributed by atoms with E-state index < -0.39 is 0 Å². The van der Waals surface area contributed by atoms with E-state index in [0.717, 1.165) is 10.0 Å². The summed E-state index contributed by atoms with van der Waals surface area (Å²) in [5.41, 5.74) is 8.40. The number of hydrogen-bond donors (Lipinski definition) is 1. The highest BCUT2D eigenvalue weighted by atomic mass is 79.9. The van der Waals surface area contributed by atoms with Crippen molar-refractivity contribution in [3.8, 4) is 16.9 Å². The third-order valence-corrected chi connectivity index (χ3v) is 3.49. The highest BCUT2D eigenvalue weighted by Gasteiger charge is 2.11. The molecule has 0 saturated heterocycles.